The maximum Gasteiger partial charge on any atom is 0.237 e. The molecule has 2 aromatic carbocycles. The van der Waals surface area contributed by atoms with Gasteiger partial charge < -0.3 is 4.52 Å². The van der Waals surface area contributed by atoms with E-state index in [1.165, 1.54) is 11.8 Å². The van der Waals surface area contributed by atoms with Crippen molar-refractivity contribution in [1.82, 2.24) is 20.3 Å². The van der Waals surface area contributed by atoms with Crippen LogP contribution in [-0.4, -0.2) is 32.0 Å². The molecule has 0 spiro atoms. The number of hydrogen-bond donors (Lipinski definition) is 1. The molecule has 7 nitrogen and oxygen atoms in total. The Balaban J connectivity index is 1.51. The standard InChI is InChI=1S/C24H23N5O2S/c1-24(2,3)18-14-20(31-29-18)25-19(30)15-32-23-26-21(16-10-6-4-7-11-16)22(27-28-23)17-12-8-5-9-13-17/h4-14H,15H2,1-3H3,(H,25,30). The zero-order valence-corrected chi connectivity index (χ0v) is 18.9. The molecule has 0 atom stereocenters. The number of anilines is 1. The molecule has 0 fully saturated rings. The summed E-state index contributed by atoms with van der Waals surface area (Å²) in [6.07, 6.45) is 0. The van der Waals surface area contributed by atoms with E-state index in [0.29, 0.717) is 16.7 Å². The minimum Gasteiger partial charge on any atom is -0.338 e. The minimum absolute atomic E-state index is 0.117. The quantitative estimate of drug-likeness (QED) is 0.407. The van der Waals surface area contributed by atoms with Crippen molar-refractivity contribution in [3.8, 4) is 22.5 Å². The Bertz CT molecular complexity index is 1200. The molecule has 4 rings (SSSR count). The van der Waals surface area contributed by atoms with Crippen molar-refractivity contribution in [2.75, 3.05) is 11.1 Å². The fourth-order valence-corrected chi connectivity index (χ4v) is 3.54. The van der Waals surface area contributed by atoms with E-state index in [1.54, 1.807) is 6.07 Å². The molecule has 2 aromatic heterocycles. The fourth-order valence-electron chi connectivity index (χ4n) is 2.95. The van der Waals surface area contributed by atoms with Gasteiger partial charge >= 0.3 is 0 Å². The van der Waals surface area contributed by atoms with Gasteiger partial charge in [0.25, 0.3) is 0 Å². The molecular weight excluding hydrogens is 422 g/mol. The Morgan fingerprint density at radius 3 is 2.16 bits per heavy atom. The lowest BCUT2D eigenvalue weighted by Crippen LogP contribution is -2.14. The first-order chi connectivity index (χ1) is 15.4. The van der Waals surface area contributed by atoms with Crippen LogP contribution >= 0.6 is 11.8 Å². The van der Waals surface area contributed by atoms with Crippen LogP contribution < -0.4 is 5.32 Å². The van der Waals surface area contributed by atoms with Gasteiger partial charge in [-0.1, -0.05) is 98.4 Å². The van der Waals surface area contributed by atoms with Crippen molar-refractivity contribution in [1.29, 1.82) is 0 Å². The molecule has 8 heteroatoms. The molecule has 0 unspecified atom stereocenters. The van der Waals surface area contributed by atoms with E-state index in [9.17, 15) is 4.79 Å². The van der Waals surface area contributed by atoms with Crippen molar-refractivity contribution in [3.05, 3.63) is 72.4 Å². The minimum atomic E-state index is -0.233. The van der Waals surface area contributed by atoms with Crippen molar-refractivity contribution >= 4 is 23.6 Å². The summed E-state index contributed by atoms with van der Waals surface area (Å²) in [5.74, 6) is 0.208. The van der Waals surface area contributed by atoms with E-state index >= 15 is 0 Å². The molecular formula is C24H23N5O2S. The van der Waals surface area contributed by atoms with Gasteiger partial charge in [-0.15, -0.1) is 10.2 Å². The van der Waals surface area contributed by atoms with Gasteiger partial charge in [0, 0.05) is 22.6 Å². The number of benzene rings is 2. The highest BCUT2D eigenvalue weighted by Gasteiger charge is 2.20. The van der Waals surface area contributed by atoms with Crippen LogP contribution in [0.2, 0.25) is 0 Å². The molecule has 0 aliphatic rings. The number of rotatable bonds is 6. The van der Waals surface area contributed by atoms with Gasteiger partial charge in [0.1, 0.15) is 11.4 Å². The predicted molar refractivity (Wildman–Crippen MR) is 125 cm³/mol. The molecule has 1 N–H and O–H groups in total. The third-order valence-corrected chi connectivity index (χ3v) is 5.47. The van der Waals surface area contributed by atoms with Gasteiger partial charge in [-0.3, -0.25) is 10.1 Å². The Morgan fingerprint density at radius 1 is 0.938 bits per heavy atom. The van der Waals surface area contributed by atoms with Crippen molar-refractivity contribution in [2.24, 2.45) is 0 Å². The molecule has 1 amide bonds. The van der Waals surface area contributed by atoms with E-state index in [-0.39, 0.29) is 17.1 Å². The van der Waals surface area contributed by atoms with Gasteiger partial charge in [0.15, 0.2) is 0 Å². The summed E-state index contributed by atoms with van der Waals surface area (Å²) in [6.45, 7) is 6.08. The number of thioether (sulfide) groups is 1. The topological polar surface area (TPSA) is 93.8 Å². The van der Waals surface area contributed by atoms with Crippen molar-refractivity contribution < 1.29 is 9.32 Å². The zero-order valence-electron chi connectivity index (χ0n) is 18.1. The van der Waals surface area contributed by atoms with E-state index in [1.807, 2.05) is 81.4 Å². The van der Waals surface area contributed by atoms with Gasteiger partial charge in [-0.05, 0) is 0 Å². The highest BCUT2D eigenvalue weighted by molar-refractivity contribution is 7.99. The molecule has 0 bridgehead atoms. The Kier molecular flexibility index (Phi) is 6.32. The van der Waals surface area contributed by atoms with Gasteiger partial charge in [-0.25, -0.2) is 4.98 Å². The molecule has 0 aliphatic heterocycles. The summed E-state index contributed by atoms with van der Waals surface area (Å²) < 4.78 is 5.22. The summed E-state index contributed by atoms with van der Waals surface area (Å²) in [6, 6.07) is 21.4. The first-order valence-corrected chi connectivity index (χ1v) is 11.1. The number of amides is 1. The third kappa shape index (κ3) is 5.20. The molecule has 32 heavy (non-hydrogen) atoms. The molecule has 162 valence electrons. The second-order valence-electron chi connectivity index (χ2n) is 8.19. The SMILES string of the molecule is CC(C)(C)c1cc(NC(=O)CSc2nnc(-c3ccccc3)c(-c3ccccc3)n2)on1. The number of aromatic nitrogens is 4. The van der Waals surface area contributed by atoms with Crippen LogP contribution in [0.1, 0.15) is 26.5 Å². The molecule has 0 aliphatic carbocycles. The average molecular weight is 446 g/mol. The normalized spacial score (nSPS) is 11.3. The smallest absolute Gasteiger partial charge is 0.237 e. The summed E-state index contributed by atoms with van der Waals surface area (Å²) in [4.78, 5) is 17.1. The largest absolute Gasteiger partial charge is 0.338 e. The highest BCUT2D eigenvalue weighted by Crippen LogP contribution is 2.30. The number of nitrogens with one attached hydrogen (secondary N) is 1. The summed E-state index contributed by atoms with van der Waals surface area (Å²) in [5.41, 5.74) is 3.90. The Hall–Kier alpha value is -3.52. The lowest BCUT2D eigenvalue weighted by Gasteiger charge is -2.12. The third-order valence-electron chi connectivity index (χ3n) is 4.64. The fraction of sp³-hybridized carbons (Fsp3) is 0.208. The molecule has 0 saturated carbocycles. The van der Waals surface area contributed by atoms with Crippen LogP contribution in [0, 0.1) is 0 Å². The van der Waals surface area contributed by atoms with Crippen LogP contribution in [0.15, 0.2) is 76.4 Å². The van der Waals surface area contributed by atoms with Crippen molar-refractivity contribution in [3.63, 3.8) is 0 Å². The van der Waals surface area contributed by atoms with E-state index in [0.717, 1.165) is 22.5 Å². The van der Waals surface area contributed by atoms with Crippen LogP contribution in [0.3, 0.4) is 0 Å². The van der Waals surface area contributed by atoms with Crippen LogP contribution in [0.4, 0.5) is 5.88 Å². The lowest BCUT2D eigenvalue weighted by atomic mass is 9.92. The van der Waals surface area contributed by atoms with Gasteiger partial charge in [0.05, 0.1) is 11.4 Å². The van der Waals surface area contributed by atoms with Crippen LogP contribution in [-0.2, 0) is 10.2 Å². The molecule has 0 radical (unpaired) electrons. The number of nitrogens with zero attached hydrogens (tertiary/aromatic N) is 4. The predicted octanol–water partition coefficient (Wildman–Crippen LogP) is 5.22. The second-order valence-corrected chi connectivity index (χ2v) is 9.13. The van der Waals surface area contributed by atoms with Crippen LogP contribution in [0.25, 0.3) is 22.5 Å². The maximum atomic E-state index is 12.4. The van der Waals surface area contributed by atoms with Gasteiger partial charge in [0.2, 0.25) is 16.9 Å². The van der Waals surface area contributed by atoms with E-state index in [2.05, 4.69) is 20.7 Å². The summed E-state index contributed by atoms with van der Waals surface area (Å²) >= 11 is 1.21. The number of carbonyl (C=O) groups is 1. The summed E-state index contributed by atoms with van der Waals surface area (Å²) in [7, 11) is 0. The van der Waals surface area contributed by atoms with Crippen LogP contribution in [0.5, 0.6) is 0 Å². The number of hydrogen-bond acceptors (Lipinski definition) is 7. The monoisotopic (exact) mass is 445 g/mol. The zero-order chi connectivity index (χ0) is 22.6. The van der Waals surface area contributed by atoms with Gasteiger partial charge in [-0.2, -0.15) is 0 Å². The van der Waals surface area contributed by atoms with E-state index < -0.39 is 0 Å². The first kappa shape index (κ1) is 21.7. The maximum absolute atomic E-state index is 12.4. The molecule has 0 saturated heterocycles. The average Bonchev–Trinajstić information content (AvgIpc) is 3.28. The Morgan fingerprint density at radius 2 is 1.56 bits per heavy atom. The molecule has 2 heterocycles. The summed E-state index contributed by atoms with van der Waals surface area (Å²) in [5, 5.41) is 15.8. The first-order valence-electron chi connectivity index (χ1n) is 10.2. The Labute approximate surface area is 190 Å². The van der Waals surface area contributed by atoms with Crippen molar-refractivity contribution in [2.45, 2.75) is 31.3 Å². The lowest BCUT2D eigenvalue weighted by molar-refractivity contribution is -0.113. The highest BCUT2D eigenvalue weighted by atomic mass is 32.2. The second kappa shape index (κ2) is 9.32. The molecule has 4 aromatic rings. The number of carbonyl (C=O) groups excluding carboxylic acids is 1. The van der Waals surface area contributed by atoms with E-state index in [4.69, 9.17) is 9.51 Å².